The molecule has 1 aromatic rings. The lowest BCUT2D eigenvalue weighted by Gasteiger charge is -2.30. The van der Waals surface area contributed by atoms with Crippen LogP contribution in [0.1, 0.15) is 36.5 Å². The third-order valence-electron chi connectivity index (χ3n) is 5.19. The maximum Gasteiger partial charge on any atom is 0.254 e. The minimum absolute atomic E-state index is 0. The summed E-state index contributed by atoms with van der Waals surface area (Å²) in [4.78, 5) is 29.5. The number of hydrogen-bond donors (Lipinski definition) is 1. The van der Waals surface area contributed by atoms with Crippen LogP contribution in [0.15, 0.2) is 18.2 Å². The Balaban J connectivity index is 0.00000243. The van der Waals surface area contributed by atoms with Gasteiger partial charge in [0.15, 0.2) is 0 Å². The van der Waals surface area contributed by atoms with Crippen molar-refractivity contribution in [2.75, 3.05) is 19.6 Å². The molecule has 8 heteroatoms. The van der Waals surface area contributed by atoms with Gasteiger partial charge in [-0.3, -0.25) is 9.59 Å². The average Bonchev–Trinajstić information content (AvgIpc) is 3.19. The molecule has 2 heterocycles. The van der Waals surface area contributed by atoms with Crippen molar-refractivity contribution in [1.29, 1.82) is 0 Å². The monoisotopic (exact) mass is 419 g/mol. The Hall–Kier alpha value is -1.01. The Morgan fingerprint density at radius 2 is 1.85 bits per heavy atom. The van der Waals surface area contributed by atoms with Crippen LogP contribution in [0, 0.1) is 5.92 Å². The SMILES string of the molecule is CC1CC(CN)CN1C(=O)C1CCCN1C(=O)c1cc(Cl)cc(Cl)c1.Cl. The third kappa shape index (κ3) is 4.28. The predicted octanol–water partition coefficient (Wildman–Crippen LogP) is 3.22. The average molecular weight is 421 g/mol. The van der Waals surface area contributed by atoms with Crippen molar-refractivity contribution >= 4 is 47.4 Å². The predicted molar refractivity (Wildman–Crippen MR) is 106 cm³/mol. The molecule has 26 heavy (non-hydrogen) atoms. The van der Waals surface area contributed by atoms with Gasteiger partial charge in [0.1, 0.15) is 6.04 Å². The van der Waals surface area contributed by atoms with Crippen LogP contribution < -0.4 is 5.73 Å². The minimum atomic E-state index is -0.413. The molecule has 0 saturated carbocycles. The first kappa shape index (κ1) is 21.3. The Morgan fingerprint density at radius 1 is 1.19 bits per heavy atom. The number of nitrogens with zero attached hydrogens (tertiary/aromatic N) is 2. The van der Waals surface area contributed by atoms with Crippen LogP contribution in [0.3, 0.4) is 0 Å². The maximum absolute atomic E-state index is 13.0. The normalized spacial score (nSPS) is 25.3. The number of halogens is 3. The Labute approximate surface area is 170 Å². The second-order valence-corrected chi connectivity index (χ2v) is 7.86. The van der Waals surface area contributed by atoms with E-state index >= 15 is 0 Å². The first-order valence-electron chi connectivity index (χ1n) is 8.68. The Morgan fingerprint density at radius 3 is 2.42 bits per heavy atom. The lowest BCUT2D eigenvalue weighted by atomic mass is 10.1. The van der Waals surface area contributed by atoms with Gasteiger partial charge in [-0.2, -0.15) is 0 Å². The molecule has 0 radical (unpaired) electrons. The fourth-order valence-electron chi connectivity index (χ4n) is 3.92. The summed E-state index contributed by atoms with van der Waals surface area (Å²) in [5, 5.41) is 0.828. The summed E-state index contributed by atoms with van der Waals surface area (Å²) in [5.41, 5.74) is 6.19. The number of rotatable bonds is 3. The van der Waals surface area contributed by atoms with E-state index in [-0.39, 0.29) is 30.3 Å². The zero-order valence-electron chi connectivity index (χ0n) is 14.7. The van der Waals surface area contributed by atoms with Gasteiger partial charge in [0.25, 0.3) is 5.91 Å². The quantitative estimate of drug-likeness (QED) is 0.816. The van der Waals surface area contributed by atoms with Gasteiger partial charge in [0, 0.05) is 34.7 Å². The van der Waals surface area contributed by atoms with Gasteiger partial charge in [-0.25, -0.2) is 0 Å². The highest BCUT2D eigenvalue weighted by atomic mass is 35.5. The van der Waals surface area contributed by atoms with Gasteiger partial charge in [-0.15, -0.1) is 12.4 Å². The van der Waals surface area contributed by atoms with Crippen LogP contribution >= 0.6 is 35.6 Å². The molecule has 3 rings (SSSR count). The third-order valence-corrected chi connectivity index (χ3v) is 5.62. The van der Waals surface area contributed by atoms with Gasteiger partial charge < -0.3 is 15.5 Å². The molecule has 0 aliphatic carbocycles. The molecule has 2 aliphatic heterocycles. The summed E-state index contributed by atoms with van der Waals surface area (Å²) in [6.07, 6.45) is 2.43. The molecular formula is C18H24Cl3N3O2. The Kier molecular flexibility index (Phi) is 7.19. The van der Waals surface area contributed by atoms with Crippen LogP contribution in [-0.4, -0.2) is 53.3 Å². The van der Waals surface area contributed by atoms with Crippen molar-refractivity contribution in [1.82, 2.24) is 9.80 Å². The summed E-state index contributed by atoms with van der Waals surface area (Å²) in [5.74, 6) is 0.182. The standard InChI is InChI=1S/C18H23Cl2N3O2.ClH/c1-11-5-12(9-21)10-23(11)18(25)16-3-2-4-22(16)17(24)13-6-14(19)8-15(20)7-13;/h6-8,11-12,16H,2-5,9-10,21H2,1H3;1H. The molecule has 2 saturated heterocycles. The number of hydrogen-bond acceptors (Lipinski definition) is 3. The fraction of sp³-hybridized carbons (Fsp3) is 0.556. The topological polar surface area (TPSA) is 66.6 Å². The summed E-state index contributed by atoms with van der Waals surface area (Å²) in [6, 6.07) is 4.53. The molecule has 2 aliphatic rings. The molecule has 1 aromatic carbocycles. The first-order chi connectivity index (χ1) is 11.9. The molecule has 3 atom stereocenters. The molecule has 2 fully saturated rings. The van der Waals surface area contributed by atoms with Crippen LogP contribution in [0.5, 0.6) is 0 Å². The Bertz CT molecular complexity index is 665. The number of carbonyl (C=O) groups excluding carboxylic acids is 2. The molecule has 0 spiro atoms. The van der Waals surface area contributed by atoms with E-state index in [9.17, 15) is 9.59 Å². The van der Waals surface area contributed by atoms with Crippen LogP contribution in [0.4, 0.5) is 0 Å². The number of likely N-dealkylation sites (tertiary alicyclic amines) is 2. The van der Waals surface area contributed by atoms with Crippen LogP contribution in [0.25, 0.3) is 0 Å². The summed E-state index contributed by atoms with van der Waals surface area (Å²) >= 11 is 12.0. The maximum atomic E-state index is 13.0. The lowest BCUT2D eigenvalue weighted by Crippen LogP contribution is -2.49. The van der Waals surface area contributed by atoms with Crippen molar-refractivity contribution in [3.05, 3.63) is 33.8 Å². The number of amides is 2. The summed E-state index contributed by atoms with van der Waals surface area (Å²) < 4.78 is 0. The van der Waals surface area contributed by atoms with E-state index in [4.69, 9.17) is 28.9 Å². The highest BCUT2D eigenvalue weighted by Crippen LogP contribution is 2.29. The van der Waals surface area contributed by atoms with Crippen molar-refractivity contribution in [3.8, 4) is 0 Å². The zero-order valence-corrected chi connectivity index (χ0v) is 17.0. The van der Waals surface area contributed by atoms with E-state index in [1.807, 2.05) is 11.8 Å². The number of nitrogens with two attached hydrogens (primary N) is 1. The van der Waals surface area contributed by atoms with E-state index < -0.39 is 6.04 Å². The van der Waals surface area contributed by atoms with Gasteiger partial charge in [-0.05, 0) is 56.8 Å². The largest absolute Gasteiger partial charge is 0.338 e. The molecule has 0 bridgehead atoms. The van der Waals surface area contributed by atoms with E-state index in [0.717, 1.165) is 12.8 Å². The highest BCUT2D eigenvalue weighted by molar-refractivity contribution is 6.35. The van der Waals surface area contributed by atoms with E-state index in [1.165, 1.54) is 0 Å². The first-order valence-corrected chi connectivity index (χ1v) is 9.44. The fourth-order valence-corrected chi connectivity index (χ4v) is 4.45. The molecule has 5 nitrogen and oxygen atoms in total. The summed E-state index contributed by atoms with van der Waals surface area (Å²) in [6.45, 7) is 3.88. The number of carbonyl (C=O) groups is 2. The lowest BCUT2D eigenvalue weighted by molar-refractivity contribution is -0.135. The van der Waals surface area contributed by atoms with Gasteiger partial charge in [-0.1, -0.05) is 23.2 Å². The van der Waals surface area contributed by atoms with Crippen molar-refractivity contribution < 1.29 is 9.59 Å². The van der Waals surface area contributed by atoms with Crippen LogP contribution in [0.2, 0.25) is 10.0 Å². The molecular weight excluding hydrogens is 397 g/mol. The second-order valence-electron chi connectivity index (χ2n) is 6.99. The van der Waals surface area contributed by atoms with Gasteiger partial charge in [0.2, 0.25) is 5.91 Å². The summed E-state index contributed by atoms with van der Waals surface area (Å²) in [7, 11) is 0. The number of benzene rings is 1. The van der Waals surface area contributed by atoms with Crippen molar-refractivity contribution in [3.63, 3.8) is 0 Å². The van der Waals surface area contributed by atoms with E-state index in [2.05, 4.69) is 0 Å². The van der Waals surface area contributed by atoms with E-state index in [1.54, 1.807) is 23.1 Å². The van der Waals surface area contributed by atoms with Crippen molar-refractivity contribution in [2.24, 2.45) is 11.7 Å². The van der Waals surface area contributed by atoms with Gasteiger partial charge in [0.05, 0.1) is 0 Å². The smallest absolute Gasteiger partial charge is 0.254 e. The minimum Gasteiger partial charge on any atom is -0.338 e. The molecule has 2 amide bonds. The molecule has 144 valence electrons. The molecule has 2 N–H and O–H groups in total. The van der Waals surface area contributed by atoms with Crippen molar-refractivity contribution in [2.45, 2.75) is 38.3 Å². The molecule has 0 aromatic heterocycles. The molecule has 3 unspecified atom stereocenters. The van der Waals surface area contributed by atoms with E-state index in [0.29, 0.717) is 47.6 Å². The van der Waals surface area contributed by atoms with Gasteiger partial charge >= 0.3 is 0 Å². The van der Waals surface area contributed by atoms with Crippen LogP contribution in [-0.2, 0) is 4.79 Å². The zero-order chi connectivity index (χ0) is 18.1. The highest BCUT2D eigenvalue weighted by Gasteiger charge is 2.41. The second kappa shape index (κ2) is 8.79.